The zero-order valence-electron chi connectivity index (χ0n) is 15.0. The Hall–Kier alpha value is -2.35. The minimum absolute atomic E-state index is 0.0272. The average molecular weight is 382 g/mol. The lowest BCUT2D eigenvalue weighted by Crippen LogP contribution is -2.36. The highest BCUT2D eigenvalue weighted by Crippen LogP contribution is 2.33. The molecule has 1 aromatic heterocycles. The smallest absolute Gasteiger partial charge is 0.411 e. The molecule has 1 aliphatic rings. The van der Waals surface area contributed by atoms with Crippen molar-refractivity contribution in [1.82, 2.24) is 9.88 Å². The SMILES string of the molecule is CC(=O)N1CCC(c2nc(COCC(F)(F)F)c(-c3ccccc3)o2)CC1. The predicted molar refractivity (Wildman–Crippen MR) is 91.9 cm³/mol. The highest BCUT2D eigenvalue weighted by atomic mass is 19.4. The van der Waals surface area contributed by atoms with Gasteiger partial charge in [0.25, 0.3) is 0 Å². The molecule has 0 radical (unpaired) electrons. The van der Waals surface area contributed by atoms with E-state index in [0.29, 0.717) is 43.3 Å². The van der Waals surface area contributed by atoms with Crippen molar-refractivity contribution >= 4 is 5.91 Å². The zero-order chi connectivity index (χ0) is 19.4. The van der Waals surface area contributed by atoms with Crippen LogP contribution in [0.15, 0.2) is 34.7 Å². The molecule has 5 nitrogen and oxygen atoms in total. The van der Waals surface area contributed by atoms with Crippen molar-refractivity contribution < 1.29 is 27.1 Å². The fourth-order valence-corrected chi connectivity index (χ4v) is 3.16. The van der Waals surface area contributed by atoms with E-state index in [9.17, 15) is 18.0 Å². The Morgan fingerprint density at radius 1 is 1.26 bits per heavy atom. The molecule has 8 heteroatoms. The standard InChI is InChI=1S/C19H21F3N2O3/c1-13(25)24-9-7-15(8-10-24)18-23-16(11-26-12-19(20,21)22)17(27-18)14-5-3-2-4-6-14/h2-6,15H,7-12H2,1H3. The summed E-state index contributed by atoms with van der Waals surface area (Å²) in [6.45, 7) is 1.15. The maximum absolute atomic E-state index is 12.4. The Labute approximate surface area is 155 Å². The van der Waals surface area contributed by atoms with Gasteiger partial charge in [0.2, 0.25) is 5.91 Å². The van der Waals surface area contributed by atoms with E-state index in [4.69, 9.17) is 9.15 Å². The number of nitrogens with zero attached hydrogens (tertiary/aromatic N) is 2. The van der Waals surface area contributed by atoms with Crippen LogP contribution in [0.5, 0.6) is 0 Å². The van der Waals surface area contributed by atoms with Crippen molar-refractivity contribution in [3.8, 4) is 11.3 Å². The number of carbonyl (C=O) groups is 1. The van der Waals surface area contributed by atoms with Gasteiger partial charge < -0.3 is 14.1 Å². The van der Waals surface area contributed by atoms with Crippen molar-refractivity contribution in [3.63, 3.8) is 0 Å². The van der Waals surface area contributed by atoms with E-state index in [1.165, 1.54) is 6.92 Å². The van der Waals surface area contributed by atoms with Gasteiger partial charge in [0.1, 0.15) is 12.3 Å². The average Bonchev–Trinajstić information content (AvgIpc) is 3.05. The number of hydrogen-bond acceptors (Lipinski definition) is 4. The number of likely N-dealkylation sites (tertiary alicyclic amines) is 1. The minimum Gasteiger partial charge on any atom is -0.440 e. The third kappa shape index (κ3) is 5.09. The van der Waals surface area contributed by atoms with Gasteiger partial charge in [-0.15, -0.1) is 0 Å². The summed E-state index contributed by atoms with van der Waals surface area (Å²) < 4.78 is 47.9. The summed E-state index contributed by atoms with van der Waals surface area (Å²) in [5.41, 5.74) is 1.09. The first-order valence-corrected chi connectivity index (χ1v) is 8.78. The van der Waals surface area contributed by atoms with Crippen LogP contribution < -0.4 is 0 Å². The lowest BCUT2D eigenvalue weighted by Gasteiger charge is -2.29. The summed E-state index contributed by atoms with van der Waals surface area (Å²) in [6, 6.07) is 9.12. The quantitative estimate of drug-likeness (QED) is 0.780. The number of alkyl halides is 3. The number of ether oxygens (including phenoxy) is 1. The Balaban J connectivity index is 1.78. The molecule has 0 saturated carbocycles. The first-order chi connectivity index (χ1) is 12.8. The summed E-state index contributed by atoms with van der Waals surface area (Å²) >= 11 is 0. The molecule has 0 unspecified atom stereocenters. The molecule has 2 heterocycles. The fraction of sp³-hybridized carbons (Fsp3) is 0.474. The van der Waals surface area contributed by atoms with Gasteiger partial charge in [0.15, 0.2) is 11.7 Å². The highest BCUT2D eigenvalue weighted by molar-refractivity contribution is 5.73. The second-order valence-electron chi connectivity index (χ2n) is 6.58. The van der Waals surface area contributed by atoms with Crippen LogP contribution in [0, 0.1) is 0 Å². The van der Waals surface area contributed by atoms with Gasteiger partial charge in [-0.05, 0) is 12.8 Å². The maximum Gasteiger partial charge on any atom is 0.411 e. The number of rotatable bonds is 5. The molecule has 27 heavy (non-hydrogen) atoms. The Bertz CT molecular complexity index is 766. The van der Waals surface area contributed by atoms with Crippen LogP contribution in [-0.2, 0) is 16.1 Å². The second kappa shape index (κ2) is 8.12. The number of amides is 1. The van der Waals surface area contributed by atoms with Crippen LogP contribution in [0.25, 0.3) is 11.3 Å². The summed E-state index contributed by atoms with van der Waals surface area (Å²) in [5.74, 6) is 0.982. The second-order valence-corrected chi connectivity index (χ2v) is 6.58. The Morgan fingerprint density at radius 3 is 2.52 bits per heavy atom. The minimum atomic E-state index is -4.39. The van der Waals surface area contributed by atoms with Crippen LogP contribution >= 0.6 is 0 Å². The molecule has 3 rings (SSSR count). The van der Waals surface area contributed by atoms with E-state index >= 15 is 0 Å². The van der Waals surface area contributed by atoms with Gasteiger partial charge in [-0.2, -0.15) is 13.2 Å². The van der Waals surface area contributed by atoms with Crippen molar-refractivity contribution in [2.45, 2.75) is 38.5 Å². The van der Waals surface area contributed by atoms with E-state index in [-0.39, 0.29) is 18.4 Å². The molecule has 0 aliphatic carbocycles. The molecular weight excluding hydrogens is 361 g/mol. The van der Waals surface area contributed by atoms with Gasteiger partial charge in [0.05, 0.1) is 6.61 Å². The molecular formula is C19H21F3N2O3. The van der Waals surface area contributed by atoms with Crippen LogP contribution in [0.3, 0.4) is 0 Å². The number of oxazole rings is 1. The number of hydrogen-bond donors (Lipinski definition) is 0. The molecule has 1 aliphatic heterocycles. The number of benzene rings is 1. The molecule has 0 bridgehead atoms. The molecule has 0 N–H and O–H groups in total. The third-order valence-corrected chi connectivity index (χ3v) is 4.54. The number of carbonyl (C=O) groups excluding carboxylic acids is 1. The van der Waals surface area contributed by atoms with Gasteiger partial charge in [0, 0.05) is 31.5 Å². The predicted octanol–water partition coefficient (Wildman–Crippen LogP) is 4.15. The lowest BCUT2D eigenvalue weighted by atomic mass is 9.97. The first-order valence-electron chi connectivity index (χ1n) is 8.78. The van der Waals surface area contributed by atoms with Crippen molar-refractivity contribution in [2.75, 3.05) is 19.7 Å². The monoisotopic (exact) mass is 382 g/mol. The zero-order valence-corrected chi connectivity index (χ0v) is 15.0. The molecule has 1 aromatic carbocycles. The molecule has 2 aromatic rings. The van der Waals surface area contributed by atoms with Crippen molar-refractivity contribution in [2.24, 2.45) is 0 Å². The van der Waals surface area contributed by atoms with Crippen LogP contribution in [0.1, 0.15) is 37.3 Å². The van der Waals surface area contributed by atoms with Crippen LogP contribution in [0.2, 0.25) is 0 Å². The molecule has 146 valence electrons. The summed E-state index contributed by atoms with van der Waals surface area (Å²) in [5, 5.41) is 0. The van der Waals surface area contributed by atoms with Gasteiger partial charge in [-0.1, -0.05) is 30.3 Å². The Kier molecular flexibility index (Phi) is 5.84. The number of halogens is 3. The summed E-state index contributed by atoms with van der Waals surface area (Å²) in [4.78, 5) is 17.7. The van der Waals surface area contributed by atoms with Gasteiger partial charge in [-0.25, -0.2) is 4.98 Å². The topological polar surface area (TPSA) is 55.6 Å². The largest absolute Gasteiger partial charge is 0.440 e. The molecule has 1 saturated heterocycles. The van der Waals surface area contributed by atoms with E-state index in [1.54, 1.807) is 4.90 Å². The lowest BCUT2D eigenvalue weighted by molar-refractivity contribution is -0.176. The van der Waals surface area contributed by atoms with Crippen LogP contribution in [0.4, 0.5) is 13.2 Å². The van der Waals surface area contributed by atoms with E-state index in [2.05, 4.69) is 4.98 Å². The number of aromatic nitrogens is 1. The molecule has 1 amide bonds. The maximum atomic E-state index is 12.4. The van der Waals surface area contributed by atoms with Gasteiger partial charge in [-0.3, -0.25) is 4.79 Å². The molecule has 1 fully saturated rings. The van der Waals surface area contributed by atoms with E-state index in [1.807, 2.05) is 30.3 Å². The van der Waals surface area contributed by atoms with Crippen molar-refractivity contribution in [1.29, 1.82) is 0 Å². The Morgan fingerprint density at radius 2 is 1.93 bits per heavy atom. The van der Waals surface area contributed by atoms with Gasteiger partial charge >= 0.3 is 6.18 Å². The normalized spacial score (nSPS) is 15.9. The first kappa shape index (κ1) is 19.4. The third-order valence-electron chi connectivity index (χ3n) is 4.54. The number of piperidine rings is 1. The summed E-state index contributed by atoms with van der Waals surface area (Å²) in [6.07, 6.45) is -2.98. The summed E-state index contributed by atoms with van der Waals surface area (Å²) in [7, 11) is 0. The van der Waals surface area contributed by atoms with E-state index in [0.717, 1.165) is 5.56 Å². The van der Waals surface area contributed by atoms with Crippen LogP contribution in [-0.4, -0.2) is 41.7 Å². The van der Waals surface area contributed by atoms with E-state index < -0.39 is 12.8 Å². The molecule has 0 spiro atoms. The molecule has 0 atom stereocenters. The highest BCUT2D eigenvalue weighted by Gasteiger charge is 2.30. The fourth-order valence-electron chi connectivity index (χ4n) is 3.16. The van der Waals surface area contributed by atoms with Crippen molar-refractivity contribution in [3.05, 3.63) is 41.9 Å².